The van der Waals surface area contributed by atoms with Gasteiger partial charge in [-0.05, 0) is 19.3 Å². The lowest BCUT2D eigenvalue weighted by Gasteiger charge is -2.38. The van der Waals surface area contributed by atoms with Crippen LogP contribution in [0.15, 0.2) is 25.3 Å². The smallest absolute Gasteiger partial charge is 0.330 e. The van der Waals surface area contributed by atoms with E-state index in [2.05, 4.69) is 13.2 Å². The number of hydrogen-bond donors (Lipinski definition) is 0. The maximum atomic E-state index is 11.8. The second-order valence-corrected chi connectivity index (χ2v) is 4.80. The molecular formula is C15H23NO3. The molecule has 0 saturated carbocycles. The molecule has 19 heavy (non-hydrogen) atoms. The molecule has 106 valence electrons. The first-order valence-corrected chi connectivity index (χ1v) is 6.89. The molecule has 0 aromatic heterocycles. The minimum atomic E-state index is -0.417. The summed E-state index contributed by atoms with van der Waals surface area (Å²) in [5.74, 6) is -0.256. The summed E-state index contributed by atoms with van der Waals surface area (Å²) >= 11 is 0. The lowest BCUT2D eigenvalue weighted by atomic mass is 10.1. The van der Waals surface area contributed by atoms with Gasteiger partial charge in [0, 0.05) is 12.5 Å². The minimum absolute atomic E-state index is 0.151. The largest absolute Gasteiger partial charge is 0.455 e. The van der Waals surface area contributed by atoms with Gasteiger partial charge in [-0.25, -0.2) is 4.79 Å². The van der Waals surface area contributed by atoms with Gasteiger partial charge in [0.15, 0.2) is 0 Å². The molecule has 1 aliphatic heterocycles. The molecule has 0 N–H and O–H groups in total. The summed E-state index contributed by atoms with van der Waals surface area (Å²) in [4.78, 5) is 24.4. The Hall–Kier alpha value is -1.58. The van der Waals surface area contributed by atoms with Crippen molar-refractivity contribution in [3.05, 3.63) is 25.3 Å². The van der Waals surface area contributed by atoms with Crippen molar-refractivity contribution in [3.8, 4) is 0 Å². The van der Waals surface area contributed by atoms with Crippen LogP contribution < -0.4 is 0 Å². The summed E-state index contributed by atoms with van der Waals surface area (Å²) < 4.78 is 5.03. The molecule has 1 heterocycles. The number of rotatable bonds is 9. The predicted molar refractivity (Wildman–Crippen MR) is 74.6 cm³/mol. The number of unbranched alkanes of at least 4 members (excludes halogenated alkanes) is 4. The Balaban J connectivity index is 2.02. The van der Waals surface area contributed by atoms with Crippen LogP contribution in [0.1, 0.15) is 38.5 Å². The molecule has 4 nitrogen and oxygen atoms in total. The molecule has 0 spiro atoms. The standard InChI is InChI=1S/C15H23NO3/c1-3-5-6-7-8-9-10-14(17)16-11-13(12-16)19-15(18)4-2/h3-4,13H,1-2,5-12H2. The molecule has 0 unspecified atom stereocenters. The topological polar surface area (TPSA) is 46.6 Å². The van der Waals surface area contributed by atoms with Crippen LogP contribution in [0.2, 0.25) is 0 Å². The summed E-state index contributed by atoms with van der Waals surface area (Å²) in [6.45, 7) is 8.06. The van der Waals surface area contributed by atoms with E-state index in [1.165, 1.54) is 0 Å². The number of hydrogen-bond acceptors (Lipinski definition) is 3. The van der Waals surface area contributed by atoms with Crippen molar-refractivity contribution in [2.45, 2.75) is 44.6 Å². The van der Waals surface area contributed by atoms with Crippen LogP contribution in [0.5, 0.6) is 0 Å². The van der Waals surface area contributed by atoms with Crippen LogP contribution >= 0.6 is 0 Å². The summed E-state index contributed by atoms with van der Waals surface area (Å²) in [6.07, 6.45) is 8.89. The summed E-state index contributed by atoms with van der Waals surface area (Å²) in [6, 6.07) is 0. The Morgan fingerprint density at radius 1 is 1.16 bits per heavy atom. The van der Waals surface area contributed by atoms with Crippen LogP contribution in [0.25, 0.3) is 0 Å². The fourth-order valence-electron chi connectivity index (χ4n) is 2.01. The number of amides is 1. The molecular weight excluding hydrogens is 242 g/mol. The van der Waals surface area contributed by atoms with Gasteiger partial charge in [0.25, 0.3) is 0 Å². The van der Waals surface area contributed by atoms with Crippen molar-refractivity contribution >= 4 is 11.9 Å². The van der Waals surface area contributed by atoms with Gasteiger partial charge in [-0.15, -0.1) is 6.58 Å². The zero-order valence-corrected chi connectivity index (χ0v) is 11.5. The van der Waals surface area contributed by atoms with E-state index in [1.54, 1.807) is 4.90 Å². The number of carbonyl (C=O) groups is 2. The summed E-state index contributed by atoms with van der Waals surface area (Å²) in [7, 11) is 0. The molecule has 1 fully saturated rings. The van der Waals surface area contributed by atoms with E-state index in [9.17, 15) is 9.59 Å². The van der Waals surface area contributed by atoms with Crippen molar-refractivity contribution < 1.29 is 14.3 Å². The van der Waals surface area contributed by atoms with Gasteiger partial charge < -0.3 is 9.64 Å². The van der Waals surface area contributed by atoms with Crippen LogP contribution in [0.3, 0.4) is 0 Å². The first-order valence-electron chi connectivity index (χ1n) is 6.89. The third kappa shape index (κ3) is 5.73. The number of nitrogens with zero attached hydrogens (tertiary/aromatic N) is 1. The highest BCUT2D eigenvalue weighted by molar-refractivity contribution is 5.82. The molecule has 0 atom stereocenters. The zero-order chi connectivity index (χ0) is 14.1. The van der Waals surface area contributed by atoms with Crippen molar-refractivity contribution in [2.75, 3.05) is 13.1 Å². The van der Waals surface area contributed by atoms with Crippen LogP contribution in [0.4, 0.5) is 0 Å². The van der Waals surface area contributed by atoms with Crippen molar-refractivity contribution in [3.63, 3.8) is 0 Å². The van der Waals surface area contributed by atoms with Crippen LogP contribution in [-0.4, -0.2) is 36.0 Å². The fraction of sp³-hybridized carbons (Fsp3) is 0.600. The average molecular weight is 265 g/mol. The lowest BCUT2D eigenvalue weighted by Crippen LogP contribution is -2.55. The van der Waals surface area contributed by atoms with Crippen molar-refractivity contribution in [1.82, 2.24) is 4.90 Å². The number of carbonyl (C=O) groups excluding carboxylic acids is 2. The lowest BCUT2D eigenvalue weighted by molar-refractivity contribution is -0.159. The van der Waals surface area contributed by atoms with Crippen molar-refractivity contribution in [1.29, 1.82) is 0 Å². The molecule has 1 aliphatic rings. The van der Waals surface area contributed by atoms with E-state index >= 15 is 0 Å². The fourth-order valence-corrected chi connectivity index (χ4v) is 2.01. The molecule has 0 bridgehead atoms. The van der Waals surface area contributed by atoms with E-state index in [-0.39, 0.29) is 12.0 Å². The molecule has 1 saturated heterocycles. The van der Waals surface area contributed by atoms with Gasteiger partial charge in [0.1, 0.15) is 6.10 Å². The maximum absolute atomic E-state index is 11.8. The third-order valence-electron chi connectivity index (χ3n) is 3.20. The normalized spacial score (nSPS) is 14.6. The van der Waals surface area contributed by atoms with Gasteiger partial charge in [-0.3, -0.25) is 4.79 Å². The molecule has 0 radical (unpaired) electrons. The number of ether oxygens (including phenoxy) is 1. The van der Waals surface area contributed by atoms with E-state index in [0.29, 0.717) is 19.5 Å². The molecule has 0 aromatic rings. The van der Waals surface area contributed by atoms with E-state index in [4.69, 9.17) is 4.74 Å². The predicted octanol–water partition coefficient (Wildman–Crippen LogP) is 2.45. The molecule has 4 heteroatoms. The highest BCUT2D eigenvalue weighted by atomic mass is 16.5. The number of likely N-dealkylation sites (tertiary alicyclic amines) is 1. The van der Waals surface area contributed by atoms with Gasteiger partial charge in [0.05, 0.1) is 13.1 Å². The SMILES string of the molecule is C=CCCCCCCC(=O)N1CC(OC(=O)C=C)C1. The highest BCUT2D eigenvalue weighted by Gasteiger charge is 2.32. The molecule has 0 aliphatic carbocycles. The quantitative estimate of drug-likeness (QED) is 0.278. The van der Waals surface area contributed by atoms with E-state index < -0.39 is 5.97 Å². The molecule has 1 rings (SSSR count). The minimum Gasteiger partial charge on any atom is -0.455 e. The Labute approximate surface area is 115 Å². The van der Waals surface area contributed by atoms with E-state index in [0.717, 1.165) is 38.2 Å². The summed E-state index contributed by atoms with van der Waals surface area (Å²) in [5.41, 5.74) is 0. The van der Waals surface area contributed by atoms with E-state index in [1.807, 2.05) is 6.08 Å². The number of allylic oxidation sites excluding steroid dienone is 1. The van der Waals surface area contributed by atoms with Crippen LogP contribution in [0, 0.1) is 0 Å². The van der Waals surface area contributed by atoms with Crippen LogP contribution in [-0.2, 0) is 14.3 Å². The average Bonchev–Trinajstić information content (AvgIpc) is 2.36. The Morgan fingerprint density at radius 2 is 1.84 bits per heavy atom. The maximum Gasteiger partial charge on any atom is 0.330 e. The zero-order valence-electron chi connectivity index (χ0n) is 11.5. The third-order valence-corrected chi connectivity index (χ3v) is 3.20. The first kappa shape index (κ1) is 15.5. The monoisotopic (exact) mass is 265 g/mol. The van der Waals surface area contributed by atoms with Gasteiger partial charge in [-0.1, -0.05) is 25.5 Å². The Morgan fingerprint density at radius 3 is 2.47 bits per heavy atom. The molecule has 0 aromatic carbocycles. The van der Waals surface area contributed by atoms with Gasteiger partial charge >= 0.3 is 5.97 Å². The first-order chi connectivity index (χ1) is 9.17. The second-order valence-electron chi connectivity index (χ2n) is 4.80. The molecule has 1 amide bonds. The Kier molecular flexibility index (Phi) is 6.93. The highest BCUT2D eigenvalue weighted by Crippen LogP contribution is 2.15. The summed E-state index contributed by atoms with van der Waals surface area (Å²) in [5, 5.41) is 0. The Bertz CT molecular complexity index is 332. The number of esters is 1. The van der Waals surface area contributed by atoms with Gasteiger partial charge in [-0.2, -0.15) is 0 Å². The van der Waals surface area contributed by atoms with Gasteiger partial charge in [0.2, 0.25) is 5.91 Å². The second kappa shape index (κ2) is 8.51. The van der Waals surface area contributed by atoms with Crippen molar-refractivity contribution in [2.24, 2.45) is 0 Å².